The summed E-state index contributed by atoms with van der Waals surface area (Å²) in [5, 5.41) is 2.75. The van der Waals surface area contributed by atoms with Crippen molar-refractivity contribution in [1.29, 1.82) is 0 Å². The minimum atomic E-state index is -0.429. The number of methoxy groups -OCH3 is 1. The van der Waals surface area contributed by atoms with Gasteiger partial charge in [0.25, 0.3) is 0 Å². The second-order valence-corrected chi connectivity index (χ2v) is 6.35. The fraction of sp³-hybridized carbons (Fsp3) is 0.167. The maximum atomic E-state index is 12.1. The fourth-order valence-corrected chi connectivity index (χ4v) is 3.39. The third-order valence-electron chi connectivity index (χ3n) is 3.73. The van der Waals surface area contributed by atoms with Crippen molar-refractivity contribution < 1.29 is 14.3 Å². The number of nitrogens with one attached hydrogen (secondary N) is 1. The van der Waals surface area contributed by atoms with E-state index in [1.165, 1.54) is 18.4 Å². The molecule has 0 radical (unpaired) electrons. The zero-order chi connectivity index (χ0) is 17.8. The first-order valence-electron chi connectivity index (χ1n) is 7.65. The van der Waals surface area contributed by atoms with Crippen LogP contribution < -0.4 is 10.2 Å². The van der Waals surface area contributed by atoms with Crippen molar-refractivity contribution in [3.05, 3.63) is 63.8 Å². The van der Waals surface area contributed by atoms with Crippen LogP contribution in [0.3, 0.4) is 0 Å². The van der Waals surface area contributed by atoms with Crippen LogP contribution >= 0.6 is 11.3 Å². The Hall–Kier alpha value is -2.93. The zero-order valence-electron chi connectivity index (χ0n) is 13.5. The van der Waals surface area contributed by atoms with E-state index in [-0.39, 0.29) is 17.2 Å². The topological polar surface area (TPSA) is 77.4 Å². The average Bonchev–Trinajstić information content (AvgIpc) is 2.95. The number of carbonyl (C=O) groups excluding carboxylic acids is 2. The van der Waals surface area contributed by atoms with E-state index < -0.39 is 5.97 Å². The van der Waals surface area contributed by atoms with Crippen LogP contribution in [0, 0.1) is 0 Å². The normalized spacial score (nSPS) is 10.6. The van der Waals surface area contributed by atoms with Crippen molar-refractivity contribution in [2.24, 2.45) is 0 Å². The highest BCUT2D eigenvalue weighted by Crippen LogP contribution is 2.17. The number of amides is 1. The van der Waals surface area contributed by atoms with Gasteiger partial charge in [-0.15, -0.1) is 0 Å². The van der Waals surface area contributed by atoms with E-state index >= 15 is 0 Å². The second-order valence-electron chi connectivity index (χ2n) is 5.35. The number of anilines is 1. The highest BCUT2D eigenvalue weighted by Gasteiger charge is 2.10. The van der Waals surface area contributed by atoms with Crippen molar-refractivity contribution in [2.75, 3.05) is 12.4 Å². The first-order chi connectivity index (χ1) is 12.1. The zero-order valence-corrected chi connectivity index (χ0v) is 14.3. The third kappa shape index (κ3) is 3.77. The highest BCUT2D eigenvalue weighted by atomic mass is 32.1. The standard InChI is InChI=1S/C18H16N2O4S/c1-24-17(22)12-6-8-13(9-7-12)19-16(21)10-11-20-14-4-2-3-5-15(14)25-18(20)23/h2-9H,10-11H2,1H3,(H,19,21). The van der Waals surface area contributed by atoms with Gasteiger partial charge in [-0.3, -0.25) is 14.2 Å². The highest BCUT2D eigenvalue weighted by molar-refractivity contribution is 7.16. The number of para-hydroxylation sites is 1. The molecule has 0 aliphatic rings. The van der Waals surface area contributed by atoms with Crippen LogP contribution in [0.25, 0.3) is 10.2 Å². The number of hydrogen-bond donors (Lipinski definition) is 1. The molecule has 0 spiro atoms. The van der Waals surface area contributed by atoms with Crippen molar-refractivity contribution in [2.45, 2.75) is 13.0 Å². The predicted octanol–water partition coefficient (Wildman–Crippen LogP) is 2.88. The average molecular weight is 356 g/mol. The Balaban J connectivity index is 1.64. The fourth-order valence-electron chi connectivity index (χ4n) is 2.47. The lowest BCUT2D eigenvalue weighted by Gasteiger charge is -2.07. The van der Waals surface area contributed by atoms with E-state index in [1.807, 2.05) is 24.3 Å². The molecule has 0 aliphatic heterocycles. The van der Waals surface area contributed by atoms with Crippen LogP contribution in [0.5, 0.6) is 0 Å². The van der Waals surface area contributed by atoms with Gasteiger partial charge in [0.05, 0.1) is 22.9 Å². The molecular weight excluding hydrogens is 340 g/mol. The summed E-state index contributed by atoms with van der Waals surface area (Å²) in [6.45, 7) is 0.314. The van der Waals surface area contributed by atoms with Crippen LogP contribution in [0.1, 0.15) is 16.8 Å². The maximum absolute atomic E-state index is 12.1. The van der Waals surface area contributed by atoms with Gasteiger partial charge in [-0.25, -0.2) is 4.79 Å². The summed E-state index contributed by atoms with van der Waals surface area (Å²) in [6, 6.07) is 13.9. The summed E-state index contributed by atoms with van der Waals surface area (Å²) in [4.78, 5) is 35.5. The molecule has 0 unspecified atom stereocenters. The van der Waals surface area contributed by atoms with Gasteiger partial charge >= 0.3 is 10.8 Å². The molecule has 3 aromatic rings. The monoisotopic (exact) mass is 356 g/mol. The van der Waals surface area contributed by atoms with Crippen LogP contribution in [0.15, 0.2) is 53.3 Å². The number of aryl methyl sites for hydroxylation is 1. The molecule has 1 N–H and O–H groups in total. The Bertz CT molecular complexity index is 973. The Morgan fingerprint density at radius 3 is 2.56 bits per heavy atom. The van der Waals surface area contributed by atoms with Crippen molar-refractivity contribution in [3.8, 4) is 0 Å². The number of aromatic nitrogens is 1. The van der Waals surface area contributed by atoms with E-state index in [2.05, 4.69) is 10.1 Å². The van der Waals surface area contributed by atoms with E-state index in [9.17, 15) is 14.4 Å². The van der Waals surface area contributed by atoms with E-state index in [4.69, 9.17) is 0 Å². The Morgan fingerprint density at radius 1 is 1.12 bits per heavy atom. The lowest BCUT2D eigenvalue weighted by molar-refractivity contribution is -0.116. The summed E-state index contributed by atoms with van der Waals surface area (Å²) >= 11 is 1.17. The number of benzene rings is 2. The smallest absolute Gasteiger partial charge is 0.337 e. The molecule has 0 atom stereocenters. The van der Waals surface area contributed by atoms with Gasteiger partial charge in [0.1, 0.15) is 0 Å². The number of rotatable bonds is 5. The predicted molar refractivity (Wildman–Crippen MR) is 97.1 cm³/mol. The number of fused-ring (bicyclic) bond motifs is 1. The number of hydrogen-bond acceptors (Lipinski definition) is 5. The molecule has 0 saturated heterocycles. The summed E-state index contributed by atoms with van der Waals surface area (Å²) in [5.74, 6) is -0.630. The third-order valence-corrected chi connectivity index (χ3v) is 4.69. The number of esters is 1. The van der Waals surface area contributed by atoms with E-state index in [1.54, 1.807) is 28.8 Å². The van der Waals surface area contributed by atoms with Gasteiger partial charge < -0.3 is 10.1 Å². The molecule has 6 nitrogen and oxygen atoms in total. The molecule has 128 valence electrons. The molecule has 3 rings (SSSR count). The molecule has 1 heterocycles. The summed E-state index contributed by atoms with van der Waals surface area (Å²) in [5.41, 5.74) is 1.84. The molecule has 2 aromatic carbocycles. The molecule has 0 fully saturated rings. The number of nitrogens with zero attached hydrogens (tertiary/aromatic N) is 1. The molecule has 1 amide bonds. The molecular formula is C18H16N2O4S. The van der Waals surface area contributed by atoms with Crippen LogP contribution in [-0.4, -0.2) is 23.6 Å². The Morgan fingerprint density at radius 2 is 1.84 bits per heavy atom. The van der Waals surface area contributed by atoms with E-state index in [0.717, 1.165) is 10.2 Å². The van der Waals surface area contributed by atoms with Crippen molar-refractivity contribution in [3.63, 3.8) is 0 Å². The maximum Gasteiger partial charge on any atom is 0.337 e. The molecule has 0 bridgehead atoms. The molecule has 1 aromatic heterocycles. The number of thiazole rings is 1. The van der Waals surface area contributed by atoms with Gasteiger partial charge in [0, 0.05) is 18.7 Å². The molecule has 0 aliphatic carbocycles. The SMILES string of the molecule is COC(=O)c1ccc(NC(=O)CCn2c(=O)sc3ccccc32)cc1. The Kier molecular flexibility index (Phi) is 4.95. The van der Waals surface area contributed by atoms with E-state index in [0.29, 0.717) is 17.8 Å². The first kappa shape index (κ1) is 16.9. The van der Waals surface area contributed by atoms with Gasteiger partial charge in [0.15, 0.2) is 0 Å². The minimum Gasteiger partial charge on any atom is -0.465 e. The number of ether oxygens (including phenoxy) is 1. The molecule has 25 heavy (non-hydrogen) atoms. The minimum absolute atomic E-state index is 0.0727. The lowest BCUT2D eigenvalue weighted by atomic mass is 10.2. The van der Waals surface area contributed by atoms with Crippen LogP contribution in [0.4, 0.5) is 5.69 Å². The summed E-state index contributed by atoms with van der Waals surface area (Å²) in [6.07, 6.45) is 0.180. The van der Waals surface area contributed by atoms with Crippen LogP contribution in [0.2, 0.25) is 0 Å². The summed E-state index contributed by atoms with van der Waals surface area (Å²) in [7, 11) is 1.31. The van der Waals surface area contributed by atoms with Gasteiger partial charge in [-0.05, 0) is 36.4 Å². The van der Waals surface area contributed by atoms with Crippen molar-refractivity contribution >= 4 is 39.1 Å². The quantitative estimate of drug-likeness (QED) is 0.713. The lowest BCUT2D eigenvalue weighted by Crippen LogP contribution is -2.19. The van der Waals surface area contributed by atoms with Gasteiger partial charge in [-0.2, -0.15) is 0 Å². The first-order valence-corrected chi connectivity index (χ1v) is 8.47. The van der Waals surface area contributed by atoms with Gasteiger partial charge in [0.2, 0.25) is 5.91 Å². The van der Waals surface area contributed by atoms with Gasteiger partial charge in [-0.1, -0.05) is 23.5 Å². The summed E-state index contributed by atoms with van der Waals surface area (Å²) < 4.78 is 7.15. The second kappa shape index (κ2) is 7.31. The largest absolute Gasteiger partial charge is 0.465 e. The molecule has 0 saturated carbocycles. The Labute approximate surface area is 147 Å². The van der Waals surface area contributed by atoms with Crippen LogP contribution in [-0.2, 0) is 16.1 Å². The molecule has 7 heteroatoms. The van der Waals surface area contributed by atoms with Crippen molar-refractivity contribution in [1.82, 2.24) is 4.57 Å². The number of carbonyl (C=O) groups is 2.